The lowest BCUT2D eigenvalue weighted by atomic mass is 9.92. The zero-order chi connectivity index (χ0) is 15.6. The van der Waals surface area contributed by atoms with E-state index in [1.807, 2.05) is 13.0 Å². The summed E-state index contributed by atoms with van der Waals surface area (Å²) in [6.45, 7) is 3.01. The molecule has 0 saturated carbocycles. The summed E-state index contributed by atoms with van der Waals surface area (Å²) in [6.07, 6.45) is -2.75. The summed E-state index contributed by atoms with van der Waals surface area (Å²) in [5, 5.41) is 9.10. The van der Waals surface area contributed by atoms with Crippen LogP contribution < -0.4 is 10.6 Å². The monoisotopic (exact) mass is 298 g/mol. The summed E-state index contributed by atoms with van der Waals surface area (Å²) < 4.78 is 38.4. The summed E-state index contributed by atoms with van der Waals surface area (Å²) in [4.78, 5) is 5.41. The Kier molecular flexibility index (Phi) is 4.37. The van der Waals surface area contributed by atoms with Crippen LogP contribution in [0.25, 0.3) is 0 Å². The first-order chi connectivity index (χ1) is 9.82. The first kappa shape index (κ1) is 15.6. The number of hydrogen-bond acceptors (Lipinski definition) is 4. The molecule has 0 aromatic carbocycles. The van der Waals surface area contributed by atoms with Crippen LogP contribution in [0.4, 0.5) is 19.0 Å². The third-order valence-electron chi connectivity index (χ3n) is 3.79. The van der Waals surface area contributed by atoms with Gasteiger partial charge >= 0.3 is 6.18 Å². The van der Waals surface area contributed by atoms with E-state index in [4.69, 9.17) is 11.0 Å². The van der Waals surface area contributed by atoms with Crippen LogP contribution in [0.1, 0.15) is 31.0 Å². The van der Waals surface area contributed by atoms with Gasteiger partial charge < -0.3 is 10.6 Å². The quantitative estimate of drug-likeness (QED) is 0.911. The van der Waals surface area contributed by atoms with Gasteiger partial charge in [0.1, 0.15) is 17.6 Å². The van der Waals surface area contributed by atoms with Gasteiger partial charge in [-0.25, -0.2) is 4.98 Å². The molecule has 1 aromatic rings. The molecule has 0 amide bonds. The highest BCUT2D eigenvalue weighted by Gasteiger charge is 2.34. The number of nitrogens with zero attached hydrogens (tertiary/aromatic N) is 3. The predicted molar refractivity (Wildman–Crippen MR) is 72.5 cm³/mol. The number of hydrogen-bond donors (Lipinski definition) is 1. The van der Waals surface area contributed by atoms with Gasteiger partial charge in [0.05, 0.1) is 5.56 Å². The Morgan fingerprint density at radius 1 is 1.48 bits per heavy atom. The fourth-order valence-electron chi connectivity index (χ4n) is 2.57. The average molecular weight is 298 g/mol. The Morgan fingerprint density at radius 3 is 2.76 bits per heavy atom. The molecule has 2 rings (SSSR count). The molecule has 1 aliphatic heterocycles. The van der Waals surface area contributed by atoms with Crippen LogP contribution in [0.2, 0.25) is 0 Å². The van der Waals surface area contributed by atoms with E-state index in [-0.39, 0.29) is 23.3 Å². The van der Waals surface area contributed by atoms with Gasteiger partial charge in [0.2, 0.25) is 0 Å². The van der Waals surface area contributed by atoms with E-state index in [0.29, 0.717) is 13.1 Å². The first-order valence-electron chi connectivity index (χ1n) is 6.82. The highest BCUT2D eigenvalue weighted by molar-refractivity contribution is 5.55. The molecule has 0 bridgehead atoms. The van der Waals surface area contributed by atoms with E-state index in [1.165, 1.54) is 6.07 Å². The minimum Gasteiger partial charge on any atom is -0.355 e. The Morgan fingerprint density at radius 2 is 2.19 bits per heavy atom. The Hall–Kier alpha value is -1.81. The van der Waals surface area contributed by atoms with Crippen molar-refractivity contribution in [2.45, 2.75) is 32.0 Å². The highest BCUT2D eigenvalue weighted by Crippen LogP contribution is 2.32. The van der Waals surface area contributed by atoms with Crippen molar-refractivity contribution < 1.29 is 13.2 Å². The lowest BCUT2D eigenvalue weighted by Crippen LogP contribution is -2.43. The third-order valence-corrected chi connectivity index (χ3v) is 3.79. The van der Waals surface area contributed by atoms with Crippen LogP contribution in [-0.2, 0) is 6.18 Å². The lowest BCUT2D eigenvalue weighted by Gasteiger charge is -2.35. The highest BCUT2D eigenvalue weighted by atomic mass is 19.4. The maximum absolute atomic E-state index is 12.8. The van der Waals surface area contributed by atoms with Crippen molar-refractivity contribution in [1.29, 1.82) is 5.26 Å². The molecule has 0 spiro atoms. The molecule has 114 valence electrons. The van der Waals surface area contributed by atoms with E-state index in [9.17, 15) is 13.2 Å². The van der Waals surface area contributed by atoms with Gasteiger partial charge in [-0.3, -0.25) is 0 Å². The molecular formula is C14H17F3N4. The molecule has 1 aromatic heterocycles. The van der Waals surface area contributed by atoms with Gasteiger partial charge in [0.15, 0.2) is 0 Å². The summed E-state index contributed by atoms with van der Waals surface area (Å²) >= 11 is 0. The fourth-order valence-corrected chi connectivity index (χ4v) is 2.57. The average Bonchev–Trinajstić information content (AvgIpc) is 2.45. The van der Waals surface area contributed by atoms with Gasteiger partial charge in [-0.1, -0.05) is 0 Å². The zero-order valence-corrected chi connectivity index (χ0v) is 11.7. The van der Waals surface area contributed by atoms with Gasteiger partial charge in [0.25, 0.3) is 0 Å². The molecule has 7 heteroatoms. The second-order valence-corrected chi connectivity index (χ2v) is 5.38. The fraction of sp³-hybridized carbons (Fsp3) is 0.571. The minimum absolute atomic E-state index is 0.0378. The number of alkyl halides is 3. The lowest BCUT2D eigenvalue weighted by molar-refractivity contribution is -0.141. The molecule has 2 atom stereocenters. The van der Waals surface area contributed by atoms with Gasteiger partial charge in [-0.05, 0) is 37.8 Å². The summed E-state index contributed by atoms with van der Waals surface area (Å²) in [5.41, 5.74) is 5.07. The molecule has 2 unspecified atom stereocenters. The molecule has 2 N–H and O–H groups in total. The largest absolute Gasteiger partial charge is 0.433 e. The van der Waals surface area contributed by atoms with Gasteiger partial charge in [0, 0.05) is 19.1 Å². The molecule has 0 aliphatic carbocycles. The Bertz CT molecular complexity index is 548. The third kappa shape index (κ3) is 3.45. The number of piperidine rings is 1. The van der Waals surface area contributed by atoms with Gasteiger partial charge in [-0.15, -0.1) is 0 Å². The van der Waals surface area contributed by atoms with Crippen LogP contribution in [-0.4, -0.2) is 24.1 Å². The standard InChI is InChI=1S/C14H17F3N4/c1-9(19)11-3-2-6-21(8-11)13-10(7-18)4-5-12(20-13)14(15,16)17/h4-5,9,11H,2-3,6,8,19H2,1H3. The SMILES string of the molecule is CC(N)C1CCCN(c2nc(C(F)(F)F)ccc2C#N)C1. The van der Waals surface area contributed by atoms with Crippen LogP contribution in [0.3, 0.4) is 0 Å². The molecule has 4 nitrogen and oxygen atoms in total. The van der Waals surface area contributed by atoms with E-state index in [1.54, 1.807) is 4.90 Å². The molecule has 1 fully saturated rings. The van der Waals surface area contributed by atoms with Crippen molar-refractivity contribution >= 4 is 5.82 Å². The predicted octanol–water partition coefficient (Wildman–Crippen LogP) is 2.54. The summed E-state index contributed by atoms with van der Waals surface area (Å²) in [7, 11) is 0. The number of aromatic nitrogens is 1. The molecule has 21 heavy (non-hydrogen) atoms. The molecule has 1 saturated heterocycles. The number of pyridine rings is 1. The summed E-state index contributed by atoms with van der Waals surface area (Å²) in [6, 6.07) is 3.90. The van der Waals surface area contributed by atoms with Crippen molar-refractivity contribution in [2.75, 3.05) is 18.0 Å². The van der Waals surface area contributed by atoms with Gasteiger partial charge in [-0.2, -0.15) is 18.4 Å². The molecule has 2 heterocycles. The molecular weight excluding hydrogens is 281 g/mol. The van der Waals surface area contributed by atoms with Crippen molar-refractivity contribution in [3.8, 4) is 6.07 Å². The van der Waals surface area contributed by atoms with E-state index in [0.717, 1.165) is 18.9 Å². The Labute approximate surface area is 121 Å². The van der Waals surface area contributed by atoms with E-state index < -0.39 is 11.9 Å². The second kappa shape index (κ2) is 5.90. The number of anilines is 1. The topological polar surface area (TPSA) is 65.9 Å². The van der Waals surface area contributed by atoms with Crippen LogP contribution >= 0.6 is 0 Å². The first-order valence-corrected chi connectivity index (χ1v) is 6.82. The molecule has 0 radical (unpaired) electrons. The van der Waals surface area contributed by atoms with Crippen LogP contribution in [0.15, 0.2) is 12.1 Å². The number of rotatable bonds is 2. The zero-order valence-electron chi connectivity index (χ0n) is 11.7. The Balaban J connectivity index is 2.35. The van der Waals surface area contributed by atoms with Crippen LogP contribution in [0.5, 0.6) is 0 Å². The van der Waals surface area contributed by atoms with Crippen molar-refractivity contribution in [3.63, 3.8) is 0 Å². The smallest absolute Gasteiger partial charge is 0.355 e. The second-order valence-electron chi connectivity index (χ2n) is 5.38. The van der Waals surface area contributed by atoms with E-state index >= 15 is 0 Å². The molecule has 1 aliphatic rings. The number of nitriles is 1. The number of nitrogens with two attached hydrogens (primary N) is 1. The number of halogens is 3. The maximum Gasteiger partial charge on any atom is 0.433 e. The van der Waals surface area contributed by atoms with E-state index in [2.05, 4.69) is 4.98 Å². The minimum atomic E-state index is -4.51. The van der Waals surface area contributed by atoms with Crippen molar-refractivity contribution in [1.82, 2.24) is 4.98 Å². The normalized spacial score (nSPS) is 21.0. The van der Waals surface area contributed by atoms with Crippen molar-refractivity contribution in [2.24, 2.45) is 11.7 Å². The van der Waals surface area contributed by atoms with Crippen LogP contribution in [0, 0.1) is 17.2 Å². The summed E-state index contributed by atoms with van der Waals surface area (Å²) in [5.74, 6) is 0.305. The van der Waals surface area contributed by atoms with Crippen molar-refractivity contribution in [3.05, 3.63) is 23.4 Å². The maximum atomic E-state index is 12.8.